The van der Waals surface area contributed by atoms with Gasteiger partial charge >= 0.3 is 0 Å². The molecule has 0 aliphatic carbocycles. The third-order valence-electron chi connectivity index (χ3n) is 2.77. The zero-order valence-electron chi connectivity index (χ0n) is 10.4. The number of carbonyl (C=O) groups excluding carboxylic acids is 1. The second-order valence-electron chi connectivity index (χ2n) is 4.04. The van der Waals surface area contributed by atoms with Crippen molar-refractivity contribution in [3.05, 3.63) is 53.1 Å². The van der Waals surface area contributed by atoms with Gasteiger partial charge in [-0.15, -0.1) is 0 Å². The molecule has 92 valence electrons. The van der Waals surface area contributed by atoms with E-state index in [1.165, 1.54) is 18.0 Å². The molecule has 0 unspecified atom stereocenters. The van der Waals surface area contributed by atoms with Gasteiger partial charge in [-0.25, -0.2) is 9.97 Å². The minimum Gasteiger partial charge on any atom is -0.485 e. The quantitative estimate of drug-likeness (QED) is 0.773. The number of hydrogen-bond acceptors (Lipinski definition) is 4. The molecule has 0 radical (unpaired) electrons. The highest BCUT2D eigenvalue weighted by Crippen LogP contribution is 2.21. The highest BCUT2D eigenvalue weighted by atomic mass is 16.5. The normalized spacial score (nSPS) is 10.1. The van der Waals surface area contributed by atoms with E-state index in [1.54, 1.807) is 0 Å². The van der Waals surface area contributed by atoms with E-state index in [1.807, 2.05) is 32.0 Å². The summed E-state index contributed by atoms with van der Waals surface area (Å²) < 4.78 is 5.66. The van der Waals surface area contributed by atoms with Crippen LogP contribution in [0.1, 0.15) is 27.3 Å². The lowest BCUT2D eigenvalue weighted by Crippen LogP contribution is -2.03. The summed E-state index contributed by atoms with van der Waals surface area (Å²) in [6.07, 6.45) is 3.69. The van der Waals surface area contributed by atoms with Crippen molar-refractivity contribution in [1.29, 1.82) is 0 Å². The molecule has 1 aromatic heterocycles. The fourth-order valence-corrected chi connectivity index (χ4v) is 1.52. The number of aldehydes is 1. The van der Waals surface area contributed by atoms with Crippen molar-refractivity contribution in [2.24, 2.45) is 0 Å². The molecule has 0 saturated heterocycles. The van der Waals surface area contributed by atoms with Gasteiger partial charge in [0.2, 0.25) is 0 Å². The fourth-order valence-electron chi connectivity index (χ4n) is 1.52. The molecule has 1 aromatic carbocycles. The lowest BCUT2D eigenvalue weighted by atomic mass is 10.1. The molecule has 0 saturated carbocycles. The molecule has 0 atom stereocenters. The third-order valence-corrected chi connectivity index (χ3v) is 2.77. The number of hydrogen-bond donors (Lipinski definition) is 0. The Morgan fingerprint density at radius 1 is 1.22 bits per heavy atom. The molecule has 0 aliphatic heterocycles. The summed E-state index contributed by atoms with van der Waals surface area (Å²) in [4.78, 5) is 18.6. The van der Waals surface area contributed by atoms with Gasteiger partial charge in [0, 0.05) is 12.4 Å². The first-order valence-corrected chi connectivity index (χ1v) is 5.66. The molecule has 4 heteroatoms. The van der Waals surface area contributed by atoms with Gasteiger partial charge in [-0.2, -0.15) is 0 Å². The van der Waals surface area contributed by atoms with Crippen LogP contribution in [0.5, 0.6) is 5.75 Å². The van der Waals surface area contributed by atoms with Gasteiger partial charge in [-0.05, 0) is 31.0 Å². The van der Waals surface area contributed by atoms with Gasteiger partial charge < -0.3 is 4.74 Å². The van der Waals surface area contributed by atoms with Gasteiger partial charge in [-0.1, -0.05) is 12.1 Å². The Labute approximate surface area is 106 Å². The Bertz CT molecular complexity index is 550. The van der Waals surface area contributed by atoms with Crippen LogP contribution >= 0.6 is 0 Å². The molecule has 2 aromatic rings. The maximum absolute atomic E-state index is 10.5. The number of nitrogens with zero attached hydrogens (tertiary/aromatic N) is 2. The van der Waals surface area contributed by atoms with Crippen LogP contribution in [0.25, 0.3) is 0 Å². The molecular formula is C14H14N2O2. The number of benzene rings is 1. The van der Waals surface area contributed by atoms with Crippen molar-refractivity contribution < 1.29 is 9.53 Å². The number of ether oxygens (including phenoxy) is 1. The van der Waals surface area contributed by atoms with Crippen LogP contribution in [0.3, 0.4) is 0 Å². The standard InChI is InChI=1S/C14H14N2O2/c1-10-4-3-5-13(11(10)2)18-9-14-15-6-12(8-17)7-16-14/h3-8H,9H2,1-2H3. The van der Waals surface area contributed by atoms with Gasteiger partial charge in [0.15, 0.2) is 12.1 Å². The van der Waals surface area contributed by atoms with E-state index in [2.05, 4.69) is 9.97 Å². The van der Waals surface area contributed by atoms with Crippen molar-refractivity contribution in [3.63, 3.8) is 0 Å². The minimum atomic E-state index is 0.295. The van der Waals surface area contributed by atoms with Crippen LogP contribution in [0.4, 0.5) is 0 Å². The summed E-state index contributed by atoms with van der Waals surface area (Å²) in [5.41, 5.74) is 2.76. The summed E-state index contributed by atoms with van der Waals surface area (Å²) in [6, 6.07) is 5.91. The largest absolute Gasteiger partial charge is 0.485 e. The van der Waals surface area contributed by atoms with Crippen LogP contribution in [0.2, 0.25) is 0 Å². The predicted octanol–water partition coefficient (Wildman–Crippen LogP) is 2.48. The first kappa shape index (κ1) is 12.2. The molecular weight excluding hydrogens is 228 g/mol. The topological polar surface area (TPSA) is 52.1 Å². The van der Waals surface area contributed by atoms with Crippen molar-refractivity contribution in [2.75, 3.05) is 0 Å². The number of aromatic nitrogens is 2. The lowest BCUT2D eigenvalue weighted by Gasteiger charge is -2.09. The molecule has 0 spiro atoms. The van der Waals surface area contributed by atoms with Crippen molar-refractivity contribution in [2.45, 2.75) is 20.5 Å². The second-order valence-corrected chi connectivity index (χ2v) is 4.04. The number of carbonyl (C=O) groups is 1. The molecule has 0 bridgehead atoms. The monoisotopic (exact) mass is 242 g/mol. The van der Waals surface area contributed by atoms with E-state index in [9.17, 15) is 4.79 Å². The predicted molar refractivity (Wildman–Crippen MR) is 67.7 cm³/mol. The Morgan fingerprint density at radius 2 is 1.94 bits per heavy atom. The Balaban J connectivity index is 2.06. The first-order valence-electron chi connectivity index (χ1n) is 5.66. The van der Waals surface area contributed by atoms with Crippen molar-refractivity contribution >= 4 is 6.29 Å². The molecule has 18 heavy (non-hydrogen) atoms. The molecule has 1 heterocycles. The maximum Gasteiger partial charge on any atom is 0.166 e. The number of aryl methyl sites for hydroxylation is 1. The average Bonchev–Trinajstić information content (AvgIpc) is 2.41. The SMILES string of the molecule is Cc1cccc(OCc2ncc(C=O)cn2)c1C. The van der Waals surface area contributed by atoms with Crippen LogP contribution in [0.15, 0.2) is 30.6 Å². The summed E-state index contributed by atoms with van der Waals surface area (Å²) in [5.74, 6) is 1.39. The van der Waals surface area contributed by atoms with E-state index in [0.29, 0.717) is 18.0 Å². The average molecular weight is 242 g/mol. The molecule has 0 N–H and O–H groups in total. The van der Waals surface area contributed by atoms with Gasteiger partial charge in [0.25, 0.3) is 0 Å². The molecule has 4 nitrogen and oxygen atoms in total. The van der Waals surface area contributed by atoms with E-state index >= 15 is 0 Å². The van der Waals surface area contributed by atoms with E-state index < -0.39 is 0 Å². The van der Waals surface area contributed by atoms with E-state index in [0.717, 1.165) is 17.6 Å². The summed E-state index contributed by atoms with van der Waals surface area (Å²) in [7, 11) is 0. The molecule has 0 aliphatic rings. The van der Waals surface area contributed by atoms with Crippen LogP contribution in [-0.2, 0) is 6.61 Å². The number of rotatable bonds is 4. The molecule has 0 amide bonds. The first-order chi connectivity index (χ1) is 8.70. The molecule has 0 fully saturated rings. The lowest BCUT2D eigenvalue weighted by molar-refractivity contribution is 0.112. The molecule has 2 rings (SSSR count). The summed E-state index contributed by atoms with van der Waals surface area (Å²) in [5, 5.41) is 0. The zero-order chi connectivity index (χ0) is 13.0. The third kappa shape index (κ3) is 2.71. The zero-order valence-corrected chi connectivity index (χ0v) is 10.4. The highest BCUT2D eigenvalue weighted by Gasteiger charge is 2.03. The summed E-state index contributed by atoms with van der Waals surface area (Å²) >= 11 is 0. The smallest absolute Gasteiger partial charge is 0.166 e. The van der Waals surface area contributed by atoms with E-state index in [-0.39, 0.29) is 0 Å². The van der Waals surface area contributed by atoms with Gasteiger partial charge in [0.05, 0.1) is 5.56 Å². The Morgan fingerprint density at radius 3 is 2.61 bits per heavy atom. The van der Waals surface area contributed by atoms with Crippen LogP contribution in [-0.4, -0.2) is 16.3 Å². The summed E-state index contributed by atoms with van der Waals surface area (Å²) in [6.45, 7) is 4.35. The fraction of sp³-hybridized carbons (Fsp3) is 0.214. The van der Waals surface area contributed by atoms with Crippen molar-refractivity contribution in [1.82, 2.24) is 9.97 Å². The second kappa shape index (κ2) is 5.40. The highest BCUT2D eigenvalue weighted by molar-refractivity contribution is 5.73. The van der Waals surface area contributed by atoms with E-state index in [4.69, 9.17) is 4.74 Å². The minimum absolute atomic E-state index is 0.295. The van der Waals surface area contributed by atoms with Crippen LogP contribution < -0.4 is 4.74 Å². The van der Waals surface area contributed by atoms with Crippen molar-refractivity contribution in [3.8, 4) is 5.75 Å². The Hall–Kier alpha value is -2.23. The maximum atomic E-state index is 10.5. The van der Waals surface area contributed by atoms with Gasteiger partial charge in [0.1, 0.15) is 12.4 Å². The van der Waals surface area contributed by atoms with Crippen LogP contribution in [0, 0.1) is 13.8 Å². The van der Waals surface area contributed by atoms with Gasteiger partial charge in [-0.3, -0.25) is 4.79 Å². The Kier molecular flexibility index (Phi) is 3.67.